The third-order valence-electron chi connectivity index (χ3n) is 5.65. The zero-order chi connectivity index (χ0) is 17.7. The van der Waals surface area contributed by atoms with Gasteiger partial charge in [0.25, 0.3) is 0 Å². The molecule has 2 heterocycles. The highest BCUT2D eigenvalue weighted by molar-refractivity contribution is 7.14. The molecular formula is C20H21N3O2S. The molecule has 1 aromatic heterocycles. The van der Waals surface area contributed by atoms with E-state index in [-0.39, 0.29) is 17.7 Å². The summed E-state index contributed by atoms with van der Waals surface area (Å²) in [6.45, 7) is 0.554. The number of hydrogen-bond donors (Lipinski definition) is 1. The van der Waals surface area contributed by atoms with Gasteiger partial charge in [-0.3, -0.25) is 9.59 Å². The Morgan fingerprint density at radius 1 is 1.23 bits per heavy atom. The maximum absolute atomic E-state index is 12.5. The maximum Gasteiger partial charge on any atom is 0.231 e. The van der Waals surface area contributed by atoms with Crippen LogP contribution in [0.3, 0.4) is 0 Å². The SMILES string of the molecule is O=C(Nc1nc(-c2ccc3c(c2)CCC3)cs1)[C@H]1CC(=O)N(C2CC2)C1. The number of thiazole rings is 1. The molecule has 1 saturated carbocycles. The Morgan fingerprint density at radius 3 is 2.92 bits per heavy atom. The predicted octanol–water partition coefficient (Wildman–Crippen LogP) is 3.25. The van der Waals surface area contributed by atoms with E-state index in [1.165, 1.54) is 35.3 Å². The van der Waals surface area contributed by atoms with Crippen LogP contribution in [0.15, 0.2) is 23.6 Å². The zero-order valence-corrected chi connectivity index (χ0v) is 15.3. The van der Waals surface area contributed by atoms with Gasteiger partial charge in [0.1, 0.15) is 0 Å². The maximum atomic E-state index is 12.5. The molecule has 1 saturated heterocycles. The minimum atomic E-state index is -0.254. The van der Waals surface area contributed by atoms with E-state index in [1.807, 2.05) is 10.3 Å². The molecule has 1 aliphatic heterocycles. The number of anilines is 1. The van der Waals surface area contributed by atoms with E-state index in [9.17, 15) is 9.59 Å². The Labute approximate surface area is 156 Å². The van der Waals surface area contributed by atoms with E-state index in [4.69, 9.17) is 0 Å². The summed E-state index contributed by atoms with van der Waals surface area (Å²) in [5, 5.41) is 5.52. The van der Waals surface area contributed by atoms with Gasteiger partial charge in [0.2, 0.25) is 11.8 Å². The van der Waals surface area contributed by atoms with Crippen LogP contribution in [0.4, 0.5) is 5.13 Å². The second-order valence-corrected chi connectivity index (χ2v) is 8.40. The molecule has 5 rings (SSSR count). The first-order valence-corrected chi connectivity index (χ1v) is 10.2. The monoisotopic (exact) mass is 367 g/mol. The number of carbonyl (C=O) groups is 2. The third-order valence-corrected chi connectivity index (χ3v) is 6.40. The Bertz CT molecular complexity index is 887. The lowest BCUT2D eigenvalue weighted by Crippen LogP contribution is -2.29. The molecule has 2 aromatic rings. The minimum absolute atomic E-state index is 0.0867. The van der Waals surface area contributed by atoms with Crippen molar-refractivity contribution in [2.45, 2.75) is 44.6 Å². The molecule has 0 bridgehead atoms. The zero-order valence-electron chi connectivity index (χ0n) is 14.5. The van der Waals surface area contributed by atoms with Crippen molar-refractivity contribution in [3.8, 4) is 11.3 Å². The molecule has 2 fully saturated rings. The fourth-order valence-electron chi connectivity index (χ4n) is 4.05. The largest absolute Gasteiger partial charge is 0.339 e. The molecule has 0 spiro atoms. The van der Waals surface area contributed by atoms with Gasteiger partial charge in [0.15, 0.2) is 5.13 Å². The van der Waals surface area contributed by atoms with E-state index in [2.05, 4.69) is 28.5 Å². The van der Waals surface area contributed by atoms with E-state index in [0.29, 0.717) is 24.1 Å². The van der Waals surface area contributed by atoms with Crippen molar-refractivity contribution in [3.63, 3.8) is 0 Å². The van der Waals surface area contributed by atoms with Gasteiger partial charge in [-0.25, -0.2) is 4.98 Å². The summed E-state index contributed by atoms with van der Waals surface area (Å²) in [5.41, 5.74) is 4.88. The highest BCUT2D eigenvalue weighted by atomic mass is 32.1. The van der Waals surface area contributed by atoms with Crippen molar-refractivity contribution in [2.24, 2.45) is 5.92 Å². The number of amides is 2. The highest BCUT2D eigenvalue weighted by Gasteiger charge is 2.41. The number of benzene rings is 1. The first kappa shape index (κ1) is 16.0. The first-order chi connectivity index (χ1) is 12.7. The molecule has 5 nitrogen and oxygen atoms in total. The lowest BCUT2D eigenvalue weighted by atomic mass is 10.1. The fraction of sp³-hybridized carbons (Fsp3) is 0.450. The standard InChI is InChI=1S/C20H21N3O2S/c24-18-9-15(10-23(18)16-6-7-16)19(25)22-20-21-17(11-26-20)14-5-4-12-2-1-3-13(12)8-14/h4-5,8,11,15-16H,1-3,6-7,9-10H2,(H,21,22,25)/t15-/m0/s1. The van der Waals surface area contributed by atoms with Gasteiger partial charge in [0.05, 0.1) is 11.6 Å². The number of hydrogen-bond acceptors (Lipinski definition) is 4. The molecule has 2 aliphatic carbocycles. The van der Waals surface area contributed by atoms with Gasteiger partial charge in [0, 0.05) is 30.0 Å². The van der Waals surface area contributed by atoms with Gasteiger partial charge in [-0.15, -0.1) is 11.3 Å². The highest BCUT2D eigenvalue weighted by Crippen LogP contribution is 2.34. The lowest BCUT2D eigenvalue weighted by Gasteiger charge is -2.14. The van der Waals surface area contributed by atoms with Crippen LogP contribution >= 0.6 is 11.3 Å². The van der Waals surface area contributed by atoms with Crippen molar-refractivity contribution < 1.29 is 9.59 Å². The van der Waals surface area contributed by atoms with Crippen molar-refractivity contribution >= 4 is 28.3 Å². The van der Waals surface area contributed by atoms with E-state index in [0.717, 1.165) is 30.5 Å². The van der Waals surface area contributed by atoms with E-state index < -0.39 is 0 Å². The molecule has 0 radical (unpaired) electrons. The second kappa shape index (κ2) is 6.20. The number of aryl methyl sites for hydroxylation is 2. The van der Waals surface area contributed by atoms with E-state index >= 15 is 0 Å². The summed E-state index contributed by atoms with van der Waals surface area (Å²) in [6, 6.07) is 6.93. The normalized spacial score (nSPS) is 21.9. The fourth-order valence-corrected chi connectivity index (χ4v) is 4.77. The topological polar surface area (TPSA) is 62.3 Å². The quantitative estimate of drug-likeness (QED) is 0.902. The molecule has 3 aliphatic rings. The number of carbonyl (C=O) groups excluding carboxylic acids is 2. The molecule has 2 amide bonds. The van der Waals surface area contributed by atoms with Crippen LogP contribution in [-0.2, 0) is 22.4 Å². The van der Waals surface area contributed by atoms with Crippen LogP contribution in [0, 0.1) is 5.92 Å². The average Bonchev–Trinajstić information content (AvgIpc) is 3.05. The van der Waals surface area contributed by atoms with Crippen LogP contribution in [0.1, 0.15) is 36.8 Å². The summed E-state index contributed by atoms with van der Waals surface area (Å²) in [7, 11) is 0. The predicted molar refractivity (Wildman–Crippen MR) is 101 cm³/mol. The van der Waals surface area contributed by atoms with Crippen molar-refractivity contribution in [1.82, 2.24) is 9.88 Å². The number of likely N-dealkylation sites (tertiary alicyclic amines) is 1. The van der Waals surface area contributed by atoms with Crippen LogP contribution in [-0.4, -0.2) is 34.3 Å². The van der Waals surface area contributed by atoms with E-state index in [1.54, 1.807) is 0 Å². The molecule has 1 aromatic carbocycles. The Kier molecular flexibility index (Phi) is 3.81. The van der Waals surface area contributed by atoms with Gasteiger partial charge in [-0.2, -0.15) is 0 Å². The van der Waals surface area contributed by atoms with Gasteiger partial charge < -0.3 is 10.2 Å². The molecule has 1 N–H and O–H groups in total. The number of fused-ring (bicyclic) bond motifs is 1. The Hall–Kier alpha value is -2.21. The minimum Gasteiger partial charge on any atom is -0.339 e. The average molecular weight is 367 g/mol. The summed E-state index contributed by atoms with van der Waals surface area (Å²) >= 11 is 1.44. The number of nitrogens with zero attached hydrogens (tertiary/aromatic N) is 2. The van der Waals surface area contributed by atoms with Crippen molar-refractivity contribution in [1.29, 1.82) is 0 Å². The van der Waals surface area contributed by atoms with Crippen LogP contribution in [0.2, 0.25) is 0 Å². The lowest BCUT2D eigenvalue weighted by molar-refractivity contribution is -0.128. The second-order valence-electron chi connectivity index (χ2n) is 7.54. The van der Waals surface area contributed by atoms with Gasteiger partial charge >= 0.3 is 0 Å². The number of nitrogens with one attached hydrogen (secondary N) is 1. The summed E-state index contributed by atoms with van der Waals surface area (Å²) in [4.78, 5) is 31.0. The molecule has 1 atom stereocenters. The molecule has 134 valence electrons. The number of rotatable bonds is 4. The smallest absolute Gasteiger partial charge is 0.231 e. The molecule has 6 heteroatoms. The first-order valence-electron chi connectivity index (χ1n) is 9.35. The molecule has 0 unspecified atom stereocenters. The third kappa shape index (κ3) is 2.92. The Morgan fingerprint density at radius 2 is 2.08 bits per heavy atom. The Balaban J connectivity index is 1.27. The summed E-state index contributed by atoms with van der Waals surface area (Å²) in [5.74, 6) is -0.225. The van der Waals surface area contributed by atoms with Crippen LogP contribution in [0.25, 0.3) is 11.3 Å². The van der Waals surface area contributed by atoms with Gasteiger partial charge in [-0.05, 0) is 49.3 Å². The van der Waals surface area contributed by atoms with Crippen molar-refractivity contribution in [2.75, 3.05) is 11.9 Å². The molecular weight excluding hydrogens is 346 g/mol. The molecule has 26 heavy (non-hydrogen) atoms. The summed E-state index contributed by atoms with van der Waals surface area (Å²) < 4.78 is 0. The van der Waals surface area contributed by atoms with Crippen molar-refractivity contribution in [3.05, 3.63) is 34.7 Å². The number of aromatic nitrogens is 1. The van der Waals surface area contributed by atoms with Gasteiger partial charge in [-0.1, -0.05) is 12.1 Å². The van der Waals surface area contributed by atoms with Crippen LogP contribution < -0.4 is 5.32 Å². The summed E-state index contributed by atoms with van der Waals surface area (Å²) in [6.07, 6.45) is 6.03. The van der Waals surface area contributed by atoms with Crippen LogP contribution in [0.5, 0.6) is 0 Å².